The first-order valence-electron chi connectivity index (χ1n) is 10.4. The summed E-state index contributed by atoms with van der Waals surface area (Å²) in [5, 5.41) is 24.6. The number of nitrogens with one attached hydrogen (secondary N) is 3. The van der Waals surface area contributed by atoms with E-state index in [9.17, 15) is 0 Å². The Labute approximate surface area is 189 Å². The molecule has 1 fully saturated rings. The van der Waals surface area contributed by atoms with Gasteiger partial charge in [-0.2, -0.15) is 0 Å². The van der Waals surface area contributed by atoms with Crippen molar-refractivity contribution in [3.8, 4) is 0 Å². The van der Waals surface area contributed by atoms with E-state index in [4.69, 9.17) is 10.1 Å². The highest BCUT2D eigenvalue weighted by Crippen LogP contribution is 2.30. The van der Waals surface area contributed by atoms with Gasteiger partial charge in [0.15, 0.2) is 10.8 Å². The predicted molar refractivity (Wildman–Crippen MR) is 128 cm³/mol. The molecule has 5 rings (SSSR count). The Morgan fingerprint density at radius 3 is 3.00 bits per heavy atom. The molecule has 1 unspecified atom stereocenters. The molecule has 4 aromatic rings. The van der Waals surface area contributed by atoms with E-state index in [0.29, 0.717) is 6.04 Å². The lowest BCUT2D eigenvalue weighted by molar-refractivity contribution is 0.195. The standard InChI is InChI=1S/C23H23N7OS/c1-25-11-17(10-24)15-2-5-22-28-29-23(30(22)13-15)32-20-3-4-21-16(9-20)8-19(12-26-21)27-18-6-7-31-14-18/h2-5,8-13,18,24-25,27H,6-7,14H2,1H3/b17-11+,24-10?. The third-order valence-corrected chi connectivity index (χ3v) is 6.27. The van der Waals surface area contributed by atoms with Gasteiger partial charge in [0.1, 0.15) is 0 Å². The lowest BCUT2D eigenvalue weighted by Gasteiger charge is -2.12. The second kappa shape index (κ2) is 8.97. The molecule has 8 nitrogen and oxygen atoms in total. The normalized spacial score (nSPS) is 16.5. The second-order valence-electron chi connectivity index (χ2n) is 7.55. The van der Waals surface area contributed by atoms with Crippen molar-refractivity contribution >= 4 is 45.8 Å². The van der Waals surface area contributed by atoms with Crippen molar-refractivity contribution in [2.24, 2.45) is 0 Å². The Hall–Kier alpha value is -3.43. The zero-order valence-electron chi connectivity index (χ0n) is 17.6. The van der Waals surface area contributed by atoms with Crippen molar-refractivity contribution in [2.45, 2.75) is 22.5 Å². The van der Waals surface area contributed by atoms with E-state index in [-0.39, 0.29) is 0 Å². The number of rotatable bonds is 7. The van der Waals surface area contributed by atoms with Crippen LogP contribution in [0.15, 0.2) is 65.0 Å². The molecule has 3 aromatic heterocycles. The Kier molecular flexibility index (Phi) is 5.74. The molecular formula is C23H23N7OS. The summed E-state index contributed by atoms with van der Waals surface area (Å²) in [6.45, 7) is 1.54. The Bertz CT molecular complexity index is 1310. The predicted octanol–water partition coefficient (Wildman–Crippen LogP) is 3.84. The number of hydrogen-bond donors (Lipinski definition) is 3. The summed E-state index contributed by atoms with van der Waals surface area (Å²) in [5.41, 5.74) is 4.41. The van der Waals surface area contributed by atoms with Gasteiger partial charge in [-0.25, -0.2) is 0 Å². The number of benzene rings is 1. The highest BCUT2D eigenvalue weighted by atomic mass is 32.2. The number of pyridine rings is 2. The van der Waals surface area contributed by atoms with E-state index in [0.717, 1.165) is 63.1 Å². The van der Waals surface area contributed by atoms with Gasteiger partial charge in [0.2, 0.25) is 0 Å². The van der Waals surface area contributed by atoms with Crippen molar-refractivity contribution in [2.75, 3.05) is 25.6 Å². The molecule has 0 saturated carbocycles. The minimum absolute atomic E-state index is 0.339. The maximum atomic E-state index is 7.67. The molecule has 0 radical (unpaired) electrons. The molecule has 0 bridgehead atoms. The van der Waals surface area contributed by atoms with Gasteiger partial charge in [-0.15, -0.1) is 10.2 Å². The van der Waals surface area contributed by atoms with E-state index < -0.39 is 0 Å². The minimum Gasteiger partial charge on any atom is -0.393 e. The quantitative estimate of drug-likeness (QED) is 0.372. The molecular weight excluding hydrogens is 422 g/mol. The van der Waals surface area contributed by atoms with Gasteiger partial charge >= 0.3 is 0 Å². The van der Waals surface area contributed by atoms with Crippen molar-refractivity contribution < 1.29 is 4.74 Å². The maximum absolute atomic E-state index is 7.67. The maximum Gasteiger partial charge on any atom is 0.200 e. The van der Waals surface area contributed by atoms with Crippen LogP contribution in [-0.2, 0) is 4.74 Å². The van der Waals surface area contributed by atoms with Crippen molar-refractivity contribution in [3.05, 3.63) is 60.6 Å². The van der Waals surface area contributed by atoms with Crippen LogP contribution in [0.3, 0.4) is 0 Å². The number of hydrogen-bond acceptors (Lipinski definition) is 8. The van der Waals surface area contributed by atoms with Gasteiger partial charge in [0.25, 0.3) is 0 Å². The van der Waals surface area contributed by atoms with Crippen LogP contribution >= 0.6 is 11.8 Å². The summed E-state index contributed by atoms with van der Waals surface area (Å²) >= 11 is 1.55. The van der Waals surface area contributed by atoms with Gasteiger partial charge in [-0.1, -0.05) is 0 Å². The molecule has 1 saturated heterocycles. The van der Waals surface area contributed by atoms with Gasteiger partial charge in [0, 0.05) is 53.7 Å². The van der Waals surface area contributed by atoms with Crippen LogP contribution in [0, 0.1) is 5.41 Å². The Balaban J connectivity index is 1.44. The number of allylic oxidation sites excluding steroid dienone is 1. The van der Waals surface area contributed by atoms with Crippen LogP contribution in [0.25, 0.3) is 22.1 Å². The van der Waals surface area contributed by atoms with E-state index >= 15 is 0 Å². The summed E-state index contributed by atoms with van der Waals surface area (Å²) in [7, 11) is 1.82. The van der Waals surface area contributed by atoms with Gasteiger partial charge < -0.3 is 20.8 Å². The molecule has 1 atom stereocenters. The Morgan fingerprint density at radius 2 is 2.19 bits per heavy atom. The van der Waals surface area contributed by atoms with Crippen LogP contribution in [0.5, 0.6) is 0 Å². The average molecular weight is 446 g/mol. The molecule has 162 valence electrons. The third-order valence-electron chi connectivity index (χ3n) is 5.32. The van der Waals surface area contributed by atoms with Crippen LogP contribution in [0.2, 0.25) is 0 Å². The summed E-state index contributed by atoms with van der Waals surface area (Å²) < 4.78 is 7.40. The van der Waals surface area contributed by atoms with Gasteiger partial charge in [-0.3, -0.25) is 9.38 Å². The third kappa shape index (κ3) is 4.17. The number of fused-ring (bicyclic) bond motifs is 2. The summed E-state index contributed by atoms with van der Waals surface area (Å²) in [6, 6.07) is 12.5. The van der Waals surface area contributed by atoms with Crippen LogP contribution in [0.4, 0.5) is 5.69 Å². The molecule has 1 aromatic carbocycles. The van der Waals surface area contributed by atoms with Crippen LogP contribution < -0.4 is 10.6 Å². The van der Waals surface area contributed by atoms with Gasteiger partial charge in [0.05, 0.1) is 30.0 Å². The average Bonchev–Trinajstić information content (AvgIpc) is 3.47. The van der Waals surface area contributed by atoms with Crippen LogP contribution in [-0.4, -0.2) is 52.1 Å². The van der Waals surface area contributed by atoms with Gasteiger partial charge in [-0.05, 0) is 54.6 Å². The summed E-state index contributed by atoms with van der Waals surface area (Å²) in [5.74, 6) is 0. The van der Waals surface area contributed by atoms with Crippen LogP contribution in [0.1, 0.15) is 12.0 Å². The minimum atomic E-state index is 0.339. The molecule has 1 aliphatic heterocycles. The zero-order valence-corrected chi connectivity index (χ0v) is 18.4. The van der Waals surface area contributed by atoms with E-state index in [1.807, 2.05) is 48.1 Å². The first kappa shape index (κ1) is 20.5. The van der Waals surface area contributed by atoms with Crippen molar-refractivity contribution in [3.63, 3.8) is 0 Å². The largest absolute Gasteiger partial charge is 0.393 e. The molecule has 3 N–H and O–H groups in total. The number of ether oxygens (including phenoxy) is 1. The molecule has 0 spiro atoms. The van der Waals surface area contributed by atoms with E-state index in [2.05, 4.69) is 37.9 Å². The fraction of sp³-hybridized carbons (Fsp3) is 0.217. The monoisotopic (exact) mass is 445 g/mol. The zero-order chi connectivity index (χ0) is 21.9. The fourth-order valence-electron chi connectivity index (χ4n) is 3.72. The number of aromatic nitrogens is 4. The van der Waals surface area contributed by atoms with E-state index in [1.54, 1.807) is 18.0 Å². The topological polar surface area (TPSA) is 100 Å². The second-order valence-corrected chi connectivity index (χ2v) is 8.59. The molecule has 9 heteroatoms. The summed E-state index contributed by atoms with van der Waals surface area (Å²) in [6.07, 6.45) is 7.97. The lowest BCUT2D eigenvalue weighted by Crippen LogP contribution is -2.18. The molecule has 0 aliphatic carbocycles. The highest BCUT2D eigenvalue weighted by molar-refractivity contribution is 7.99. The first-order valence-corrected chi connectivity index (χ1v) is 11.2. The molecule has 4 heterocycles. The highest BCUT2D eigenvalue weighted by Gasteiger charge is 2.15. The molecule has 1 aliphatic rings. The molecule has 0 amide bonds. The Morgan fingerprint density at radius 1 is 1.25 bits per heavy atom. The SMILES string of the molecule is CN/C=C(\C=N)c1ccc2nnc(Sc3ccc4ncc(NC5CCOC5)cc4c3)n2c1. The van der Waals surface area contributed by atoms with Crippen molar-refractivity contribution in [1.82, 2.24) is 24.9 Å². The fourth-order valence-corrected chi connectivity index (χ4v) is 4.57. The lowest BCUT2D eigenvalue weighted by atomic mass is 10.1. The number of nitrogens with zero attached hydrogens (tertiary/aromatic N) is 4. The summed E-state index contributed by atoms with van der Waals surface area (Å²) in [4.78, 5) is 5.64. The van der Waals surface area contributed by atoms with Crippen molar-refractivity contribution in [1.29, 1.82) is 5.41 Å². The smallest absolute Gasteiger partial charge is 0.200 e. The molecule has 32 heavy (non-hydrogen) atoms. The number of anilines is 1. The van der Waals surface area contributed by atoms with E-state index in [1.165, 1.54) is 6.21 Å². The first-order chi connectivity index (χ1) is 15.7.